The lowest BCUT2D eigenvalue weighted by Crippen LogP contribution is -2.60. The van der Waals surface area contributed by atoms with Crippen molar-refractivity contribution in [2.45, 2.75) is 167 Å². The van der Waals surface area contributed by atoms with Crippen molar-refractivity contribution in [3.8, 4) is 0 Å². The minimum Gasteiger partial charge on any atom is -0.394 e. The predicted octanol–water partition coefficient (Wildman–Crippen LogP) is -1.26. The molecule has 11 N–H and O–H groups in total. The van der Waals surface area contributed by atoms with E-state index in [1.165, 1.54) is 73.4 Å². The minimum absolute atomic E-state index is 0.0968. The van der Waals surface area contributed by atoms with Gasteiger partial charge in [-0.15, -0.1) is 0 Å². The Balaban J connectivity index is 5.07. The lowest BCUT2D eigenvalue weighted by atomic mass is 10.0. The third-order valence-electron chi connectivity index (χ3n) is 9.67. The molecule has 0 aliphatic heterocycles. The number of likely N-dealkylation sites (N-methyl/N-ethyl adjacent to an activating group) is 2. The molecule has 0 spiro atoms. The minimum atomic E-state index is -1.69. The number of hydrogen-bond donors (Lipinski definition) is 10. The Labute approximate surface area is 354 Å². The third-order valence-corrected chi connectivity index (χ3v) is 9.67. The smallest absolute Gasteiger partial charge is 0.289 e. The molecule has 8 amide bonds. The van der Waals surface area contributed by atoms with Crippen LogP contribution >= 0.6 is 0 Å². The first-order chi connectivity index (χ1) is 28.2. The summed E-state index contributed by atoms with van der Waals surface area (Å²) in [6, 6.07) is -6.55. The van der Waals surface area contributed by atoms with Gasteiger partial charge in [-0.3, -0.25) is 43.2 Å². The van der Waals surface area contributed by atoms with Gasteiger partial charge in [0.1, 0.15) is 24.2 Å². The summed E-state index contributed by atoms with van der Waals surface area (Å²) < 4.78 is 0. The van der Waals surface area contributed by atoms with Gasteiger partial charge in [0.15, 0.2) is 6.17 Å². The first-order valence-electron chi connectivity index (χ1n) is 21.1. The zero-order valence-electron chi connectivity index (χ0n) is 36.8. The van der Waals surface area contributed by atoms with Crippen molar-refractivity contribution in [2.24, 2.45) is 11.7 Å². The van der Waals surface area contributed by atoms with E-state index in [-0.39, 0.29) is 18.8 Å². The van der Waals surface area contributed by atoms with E-state index in [1.807, 2.05) is 0 Å². The number of nitrogens with two attached hydrogens (primary N) is 1. The highest BCUT2D eigenvalue weighted by molar-refractivity contribution is 6.38. The van der Waals surface area contributed by atoms with E-state index in [4.69, 9.17) is 5.73 Å². The number of Topliss-reactive ketones (excluding diaryl/α,β-unsaturated/α-hetero) is 1. The van der Waals surface area contributed by atoms with Crippen LogP contribution in [0.25, 0.3) is 0 Å². The Morgan fingerprint density at radius 1 is 0.633 bits per heavy atom. The van der Waals surface area contributed by atoms with Crippen LogP contribution in [-0.2, 0) is 43.2 Å². The van der Waals surface area contributed by atoms with Gasteiger partial charge in [0.2, 0.25) is 41.2 Å². The summed E-state index contributed by atoms with van der Waals surface area (Å²) in [5, 5.41) is 36.4. The maximum absolute atomic E-state index is 13.2. The van der Waals surface area contributed by atoms with E-state index >= 15 is 0 Å². The topological polar surface area (TPSA) is 308 Å². The number of nitrogens with one attached hydrogen (secondary N) is 7. The molecule has 60 heavy (non-hydrogen) atoms. The number of rotatable bonds is 31. The normalized spacial score (nSPS) is 14.5. The average molecular weight is 856 g/mol. The number of ketones is 1. The fraction of sp³-hybridized carbons (Fsp3) is 0.775. The van der Waals surface area contributed by atoms with Gasteiger partial charge in [0, 0.05) is 20.5 Å². The van der Waals surface area contributed by atoms with Crippen LogP contribution in [0, 0.1) is 5.92 Å². The van der Waals surface area contributed by atoms with Gasteiger partial charge in [-0.1, -0.05) is 85.0 Å². The van der Waals surface area contributed by atoms with Crippen molar-refractivity contribution < 1.29 is 53.4 Å². The number of carbonyl (C=O) groups excluding carboxylic acids is 9. The monoisotopic (exact) mass is 856 g/mol. The van der Waals surface area contributed by atoms with Gasteiger partial charge in [-0.2, -0.15) is 0 Å². The van der Waals surface area contributed by atoms with Gasteiger partial charge >= 0.3 is 0 Å². The van der Waals surface area contributed by atoms with Gasteiger partial charge in [-0.05, 0) is 39.5 Å². The van der Waals surface area contributed by atoms with Crippen molar-refractivity contribution in [1.82, 2.24) is 42.1 Å². The fourth-order valence-electron chi connectivity index (χ4n) is 6.06. The van der Waals surface area contributed by atoms with E-state index in [1.54, 1.807) is 13.8 Å². The molecule has 0 aliphatic rings. The van der Waals surface area contributed by atoms with E-state index in [0.29, 0.717) is 6.42 Å². The molecule has 0 heterocycles. The molecule has 0 aromatic carbocycles. The molecule has 0 bridgehead atoms. The van der Waals surface area contributed by atoms with Gasteiger partial charge in [0.25, 0.3) is 11.8 Å². The Morgan fingerprint density at radius 2 is 1.15 bits per heavy atom. The molecule has 0 saturated heterocycles. The maximum Gasteiger partial charge on any atom is 0.289 e. The number of carbonyl (C=O) groups is 9. The molecule has 20 heteroatoms. The summed E-state index contributed by atoms with van der Waals surface area (Å²) in [6.45, 7) is 8.13. The highest BCUT2D eigenvalue weighted by atomic mass is 16.3. The Morgan fingerprint density at radius 3 is 1.65 bits per heavy atom. The summed E-state index contributed by atoms with van der Waals surface area (Å²) >= 11 is 0. The van der Waals surface area contributed by atoms with Gasteiger partial charge in [0.05, 0.1) is 25.3 Å². The van der Waals surface area contributed by atoms with Crippen LogP contribution in [0.3, 0.4) is 0 Å². The van der Waals surface area contributed by atoms with Crippen molar-refractivity contribution in [3.05, 3.63) is 0 Å². The van der Waals surface area contributed by atoms with Crippen LogP contribution in [0.1, 0.15) is 125 Å². The zero-order chi connectivity index (χ0) is 45.9. The van der Waals surface area contributed by atoms with E-state index in [2.05, 4.69) is 44.1 Å². The average Bonchev–Trinajstić information content (AvgIpc) is 3.19. The molecule has 344 valence electrons. The fourth-order valence-corrected chi connectivity index (χ4v) is 6.06. The SMILES string of the molecule is CCCCCCCCCCCCCC(=O)NC(CO)C(=O)NC(N)C(=O)NCC(=O)N(C)C(C(=O)NC(C)C(=O)NC(CC(C)C)C(=O)NC(C)C(=O)C(=O)NC)C(C)O. The quantitative estimate of drug-likeness (QED) is 0.0222. The van der Waals surface area contributed by atoms with E-state index < -0.39 is 109 Å². The van der Waals surface area contributed by atoms with Crippen LogP contribution in [0.5, 0.6) is 0 Å². The number of aliphatic hydroxyl groups is 2. The lowest BCUT2D eigenvalue weighted by molar-refractivity contribution is -0.144. The molecule has 0 rings (SSSR count). The molecular weight excluding hydrogens is 782 g/mol. The van der Waals surface area contributed by atoms with Crippen LogP contribution in [-0.4, -0.2) is 138 Å². The predicted molar refractivity (Wildman–Crippen MR) is 223 cm³/mol. The molecule has 7 atom stereocenters. The maximum atomic E-state index is 13.2. The molecule has 0 aliphatic carbocycles. The Kier molecular flexibility index (Phi) is 28.0. The first-order valence-corrected chi connectivity index (χ1v) is 21.1. The summed E-state index contributed by atoms with van der Waals surface area (Å²) in [5.74, 6) is -7.63. The zero-order valence-corrected chi connectivity index (χ0v) is 36.8. The Bertz CT molecular complexity index is 1410. The molecule has 0 aromatic rings. The van der Waals surface area contributed by atoms with Crippen LogP contribution in [0.2, 0.25) is 0 Å². The number of amides is 8. The van der Waals surface area contributed by atoms with Gasteiger partial charge in [-0.25, -0.2) is 0 Å². The van der Waals surface area contributed by atoms with Crippen molar-refractivity contribution >= 4 is 53.0 Å². The highest BCUT2D eigenvalue weighted by Gasteiger charge is 2.34. The summed E-state index contributed by atoms with van der Waals surface area (Å²) in [7, 11) is 2.44. The number of nitrogens with zero attached hydrogens (tertiary/aromatic N) is 1. The summed E-state index contributed by atoms with van der Waals surface area (Å²) in [6.07, 6.45) is 9.36. The van der Waals surface area contributed by atoms with E-state index in [0.717, 1.165) is 30.6 Å². The Hall–Kier alpha value is -4.69. The molecule has 7 unspecified atom stereocenters. The van der Waals surface area contributed by atoms with Crippen LogP contribution < -0.4 is 43.0 Å². The second-order valence-corrected chi connectivity index (χ2v) is 15.6. The van der Waals surface area contributed by atoms with Crippen LogP contribution in [0.15, 0.2) is 0 Å². The molecule has 0 radical (unpaired) electrons. The highest BCUT2D eigenvalue weighted by Crippen LogP contribution is 2.12. The molecule has 0 aromatic heterocycles. The summed E-state index contributed by atoms with van der Waals surface area (Å²) in [5.41, 5.74) is 5.79. The second-order valence-electron chi connectivity index (χ2n) is 15.6. The standard InChI is InChI=1S/C40H73N9O11/c1-9-10-11-12-13-14-15-16-17-18-19-20-30(52)46-29(23-50)37(57)48-34(41)40(60)43-22-31(53)49(8)32(27(6)51)38(58)45-26(5)35(55)47-28(21-24(2)3)36(56)44-25(4)33(54)39(59)42-7/h24-29,32,34,50-51H,9-23,41H2,1-8H3,(H,42,59)(H,43,60)(H,44,56)(H,45,58)(H,46,52)(H,47,55)(H,48,57). The summed E-state index contributed by atoms with van der Waals surface area (Å²) in [4.78, 5) is 115. The lowest BCUT2D eigenvalue weighted by Gasteiger charge is -2.31. The molecular formula is C40H73N9O11. The second kappa shape index (κ2) is 30.4. The first kappa shape index (κ1) is 55.3. The van der Waals surface area contributed by atoms with Crippen molar-refractivity contribution in [2.75, 3.05) is 27.2 Å². The molecule has 0 saturated carbocycles. The van der Waals surface area contributed by atoms with E-state index in [9.17, 15) is 53.4 Å². The molecule has 0 fully saturated rings. The largest absolute Gasteiger partial charge is 0.394 e. The van der Waals surface area contributed by atoms with Crippen LogP contribution in [0.4, 0.5) is 0 Å². The van der Waals surface area contributed by atoms with Crippen molar-refractivity contribution in [3.63, 3.8) is 0 Å². The van der Waals surface area contributed by atoms with Crippen molar-refractivity contribution in [1.29, 1.82) is 0 Å². The number of hydrogen-bond acceptors (Lipinski definition) is 12. The molecule has 20 nitrogen and oxygen atoms in total. The number of unbranched alkanes of at least 4 members (excludes halogenated alkanes) is 10. The number of aliphatic hydroxyl groups excluding tert-OH is 2. The third kappa shape index (κ3) is 22.1. The van der Waals surface area contributed by atoms with Gasteiger partial charge < -0.3 is 58.1 Å².